The van der Waals surface area contributed by atoms with Crippen LogP contribution in [-0.4, -0.2) is 38.8 Å². The van der Waals surface area contributed by atoms with E-state index < -0.39 is 0 Å². The van der Waals surface area contributed by atoms with Gasteiger partial charge >= 0.3 is 0 Å². The fourth-order valence-electron chi connectivity index (χ4n) is 4.22. The van der Waals surface area contributed by atoms with Gasteiger partial charge < -0.3 is 9.32 Å². The largest absolute Gasteiger partial charge is 0.445 e. The van der Waals surface area contributed by atoms with Gasteiger partial charge in [-0.1, -0.05) is 12.1 Å². The number of pyridine rings is 1. The van der Waals surface area contributed by atoms with Crippen LogP contribution in [0.5, 0.6) is 0 Å². The van der Waals surface area contributed by atoms with Crippen LogP contribution in [0.3, 0.4) is 0 Å². The molecule has 0 bridgehead atoms. The smallest absolute Gasteiger partial charge is 0.256 e. The summed E-state index contributed by atoms with van der Waals surface area (Å²) in [5.74, 6) is 1.12. The molecule has 1 fully saturated rings. The summed E-state index contributed by atoms with van der Waals surface area (Å²) in [6.07, 6.45) is 5.77. The van der Waals surface area contributed by atoms with Crippen LogP contribution in [0.25, 0.3) is 10.6 Å². The third-order valence-corrected chi connectivity index (χ3v) is 6.85. The van der Waals surface area contributed by atoms with Crippen LogP contribution in [-0.2, 0) is 6.42 Å². The number of aryl methyl sites for hydroxylation is 1. The number of halogens is 1. The Morgan fingerprint density at radius 2 is 2.06 bits per heavy atom. The van der Waals surface area contributed by atoms with Gasteiger partial charge in [-0.2, -0.15) is 0 Å². The van der Waals surface area contributed by atoms with E-state index in [0.29, 0.717) is 36.7 Å². The summed E-state index contributed by atoms with van der Waals surface area (Å²) in [4.78, 5) is 29.6. The van der Waals surface area contributed by atoms with E-state index >= 15 is 0 Å². The first kappa shape index (κ1) is 21.5. The predicted octanol–water partition coefficient (Wildman–Crippen LogP) is 5.25. The summed E-state index contributed by atoms with van der Waals surface area (Å²) >= 11 is 1.49. The zero-order chi connectivity index (χ0) is 22.8. The SMILES string of the molecule is Cc1ncsc1-c1ncccc1C(=O)N1CCCC(c2ncc(Cc3ccc(F)cc3)o2)C1. The van der Waals surface area contributed by atoms with Gasteiger partial charge in [-0.25, -0.2) is 14.4 Å². The summed E-state index contributed by atoms with van der Waals surface area (Å²) in [6, 6.07) is 10.0. The number of carbonyl (C=O) groups excluding carboxylic acids is 1. The molecular weight excluding hydrogens is 439 g/mol. The van der Waals surface area contributed by atoms with Crippen LogP contribution in [0.2, 0.25) is 0 Å². The van der Waals surface area contributed by atoms with Gasteiger partial charge in [0.1, 0.15) is 11.6 Å². The van der Waals surface area contributed by atoms with Crippen molar-refractivity contribution in [3.8, 4) is 10.6 Å². The fraction of sp³-hybridized carbons (Fsp3) is 0.280. The molecule has 0 N–H and O–H groups in total. The van der Waals surface area contributed by atoms with Crippen molar-refractivity contribution in [2.75, 3.05) is 13.1 Å². The van der Waals surface area contributed by atoms with E-state index in [2.05, 4.69) is 15.0 Å². The monoisotopic (exact) mass is 462 g/mol. The second-order valence-electron chi connectivity index (χ2n) is 8.22. The van der Waals surface area contributed by atoms with Crippen LogP contribution >= 0.6 is 11.3 Å². The van der Waals surface area contributed by atoms with Crippen molar-refractivity contribution in [2.24, 2.45) is 0 Å². The van der Waals surface area contributed by atoms with Gasteiger partial charge in [0.25, 0.3) is 5.91 Å². The molecule has 1 aliphatic rings. The van der Waals surface area contributed by atoms with E-state index in [4.69, 9.17) is 4.42 Å². The third kappa shape index (κ3) is 4.57. The molecule has 1 aliphatic heterocycles. The van der Waals surface area contributed by atoms with Gasteiger partial charge in [0, 0.05) is 25.7 Å². The lowest BCUT2D eigenvalue weighted by atomic mass is 9.97. The molecule has 1 saturated heterocycles. The zero-order valence-electron chi connectivity index (χ0n) is 18.2. The van der Waals surface area contributed by atoms with Crippen molar-refractivity contribution < 1.29 is 13.6 Å². The zero-order valence-corrected chi connectivity index (χ0v) is 19.0. The molecule has 4 heterocycles. The van der Waals surface area contributed by atoms with E-state index in [1.165, 1.54) is 23.5 Å². The lowest BCUT2D eigenvalue weighted by molar-refractivity contribution is 0.0698. The van der Waals surface area contributed by atoms with Crippen LogP contribution in [0, 0.1) is 12.7 Å². The minimum Gasteiger partial charge on any atom is -0.445 e. The van der Waals surface area contributed by atoms with Gasteiger partial charge in [-0.3, -0.25) is 9.78 Å². The van der Waals surface area contributed by atoms with Gasteiger partial charge in [0.2, 0.25) is 0 Å². The van der Waals surface area contributed by atoms with Crippen molar-refractivity contribution in [1.29, 1.82) is 0 Å². The number of nitrogens with zero attached hydrogens (tertiary/aromatic N) is 4. The number of oxazole rings is 1. The molecular formula is C25H23FN4O2S. The number of rotatable bonds is 5. The number of hydrogen-bond donors (Lipinski definition) is 0. The molecule has 1 unspecified atom stereocenters. The van der Waals surface area contributed by atoms with E-state index in [9.17, 15) is 9.18 Å². The van der Waals surface area contributed by atoms with Crippen LogP contribution in [0.15, 0.2) is 58.7 Å². The average Bonchev–Trinajstić information content (AvgIpc) is 3.49. The molecule has 0 aliphatic carbocycles. The highest BCUT2D eigenvalue weighted by atomic mass is 32.1. The number of piperidine rings is 1. The van der Waals surface area contributed by atoms with E-state index in [0.717, 1.165) is 34.7 Å². The maximum absolute atomic E-state index is 13.5. The van der Waals surface area contributed by atoms with Gasteiger partial charge in [0.15, 0.2) is 5.89 Å². The van der Waals surface area contributed by atoms with E-state index in [1.807, 2.05) is 17.9 Å². The van der Waals surface area contributed by atoms with Crippen molar-refractivity contribution in [3.63, 3.8) is 0 Å². The van der Waals surface area contributed by atoms with E-state index in [-0.39, 0.29) is 17.6 Å². The number of benzene rings is 1. The van der Waals surface area contributed by atoms with E-state index in [1.54, 1.807) is 36.1 Å². The summed E-state index contributed by atoms with van der Waals surface area (Å²) < 4.78 is 19.2. The van der Waals surface area contributed by atoms with Gasteiger partial charge in [-0.15, -0.1) is 11.3 Å². The standard InChI is InChI=1S/C25H23FN4O2S/c1-16-23(33-15-29-16)22-21(5-2-10-27-22)25(31)30-11-3-4-18(14-30)24-28-13-20(32-24)12-17-6-8-19(26)9-7-17/h2,5-10,13,15,18H,3-4,11-12,14H2,1H3. The van der Waals surface area contributed by atoms with Gasteiger partial charge in [0.05, 0.1) is 39.5 Å². The van der Waals surface area contributed by atoms with Crippen LogP contribution < -0.4 is 0 Å². The predicted molar refractivity (Wildman–Crippen MR) is 124 cm³/mol. The normalized spacial score (nSPS) is 16.2. The Hall–Kier alpha value is -3.39. The lowest BCUT2D eigenvalue weighted by Crippen LogP contribution is -2.39. The Kier molecular flexibility index (Phi) is 6.00. The second kappa shape index (κ2) is 9.23. The maximum atomic E-state index is 13.5. The number of aromatic nitrogens is 3. The lowest BCUT2D eigenvalue weighted by Gasteiger charge is -2.31. The molecule has 33 heavy (non-hydrogen) atoms. The molecule has 168 valence electrons. The summed E-state index contributed by atoms with van der Waals surface area (Å²) in [7, 11) is 0. The summed E-state index contributed by atoms with van der Waals surface area (Å²) in [5, 5.41) is 0. The number of carbonyl (C=O) groups is 1. The highest BCUT2D eigenvalue weighted by Gasteiger charge is 2.30. The van der Waals surface area contributed by atoms with Crippen LogP contribution in [0.1, 0.15) is 52.0 Å². The topological polar surface area (TPSA) is 72.1 Å². The highest BCUT2D eigenvalue weighted by Crippen LogP contribution is 2.32. The minimum absolute atomic E-state index is 0.0336. The first-order chi connectivity index (χ1) is 16.1. The second-order valence-corrected chi connectivity index (χ2v) is 9.08. The van der Waals surface area contributed by atoms with Crippen molar-refractivity contribution >= 4 is 17.2 Å². The highest BCUT2D eigenvalue weighted by molar-refractivity contribution is 7.13. The number of amides is 1. The van der Waals surface area contributed by atoms with Crippen molar-refractivity contribution in [3.05, 3.63) is 88.6 Å². The van der Waals surface area contributed by atoms with Crippen molar-refractivity contribution in [1.82, 2.24) is 19.9 Å². The number of thiazole rings is 1. The molecule has 3 aromatic heterocycles. The van der Waals surface area contributed by atoms with Gasteiger partial charge in [-0.05, 0) is 49.6 Å². The molecule has 8 heteroatoms. The Morgan fingerprint density at radius 1 is 1.21 bits per heavy atom. The first-order valence-corrected chi connectivity index (χ1v) is 11.8. The quantitative estimate of drug-likeness (QED) is 0.405. The number of hydrogen-bond acceptors (Lipinski definition) is 6. The molecule has 1 amide bonds. The summed E-state index contributed by atoms with van der Waals surface area (Å²) in [6.45, 7) is 3.16. The Morgan fingerprint density at radius 3 is 2.85 bits per heavy atom. The molecule has 1 aromatic carbocycles. The fourth-order valence-corrected chi connectivity index (χ4v) is 5.03. The Balaban J connectivity index is 1.32. The molecule has 6 nitrogen and oxygen atoms in total. The molecule has 1 atom stereocenters. The molecule has 0 saturated carbocycles. The Labute approximate surface area is 195 Å². The molecule has 0 spiro atoms. The van der Waals surface area contributed by atoms with Crippen molar-refractivity contribution in [2.45, 2.75) is 32.1 Å². The minimum atomic E-state index is -0.258. The Bertz CT molecular complexity index is 1270. The number of likely N-dealkylation sites (tertiary alicyclic amines) is 1. The molecule has 5 rings (SSSR count). The third-order valence-electron chi connectivity index (χ3n) is 5.92. The maximum Gasteiger partial charge on any atom is 0.256 e. The molecule has 4 aromatic rings. The van der Waals surface area contributed by atoms with Crippen LogP contribution in [0.4, 0.5) is 4.39 Å². The molecule has 0 radical (unpaired) electrons. The average molecular weight is 463 g/mol. The summed E-state index contributed by atoms with van der Waals surface area (Å²) in [5.41, 5.74) is 4.88. The first-order valence-electron chi connectivity index (χ1n) is 10.9.